The summed E-state index contributed by atoms with van der Waals surface area (Å²) >= 11 is 3.32. The van der Waals surface area contributed by atoms with Gasteiger partial charge in [-0.2, -0.15) is 0 Å². The zero-order valence-electron chi connectivity index (χ0n) is 17.5. The molecule has 0 unspecified atom stereocenters. The average molecular weight is 429 g/mol. The number of hydrogen-bond acceptors (Lipinski definition) is 5. The molecule has 0 radical (unpaired) electrons. The summed E-state index contributed by atoms with van der Waals surface area (Å²) < 4.78 is 7.85. The van der Waals surface area contributed by atoms with Crippen molar-refractivity contribution in [2.45, 2.75) is 64.4 Å². The molecular weight excluding hydrogens is 400 g/mol. The average Bonchev–Trinajstić information content (AvgIpc) is 3.01. The standard InChI is InChI=1S/C23H28N2O2S2/c1-15(2)10-11-28-22-24-20-19(17-12-23(3,4)27-14-18(17)29-20)21(26)25(22)13-16-8-6-5-7-9-16/h5-9,15H,10-14H2,1-4H3. The Morgan fingerprint density at radius 3 is 2.76 bits per heavy atom. The number of thiophene rings is 1. The zero-order valence-corrected chi connectivity index (χ0v) is 19.2. The van der Waals surface area contributed by atoms with E-state index in [1.54, 1.807) is 23.1 Å². The first-order valence-corrected chi connectivity index (χ1v) is 12.0. The van der Waals surface area contributed by atoms with Gasteiger partial charge in [0.15, 0.2) is 5.16 Å². The summed E-state index contributed by atoms with van der Waals surface area (Å²) in [6.07, 6.45) is 1.86. The summed E-state index contributed by atoms with van der Waals surface area (Å²) in [5.41, 5.74) is 2.09. The predicted molar refractivity (Wildman–Crippen MR) is 122 cm³/mol. The Bertz CT molecular complexity index is 1070. The molecule has 1 aromatic carbocycles. The SMILES string of the molecule is CC(C)CCSc1nc2sc3c(c2c(=O)n1Cc1ccccc1)CC(C)(C)OC3. The van der Waals surface area contributed by atoms with Crippen LogP contribution in [-0.2, 0) is 24.3 Å². The summed E-state index contributed by atoms with van der Waals surface area (Å²) in [5.74, 6) is 1.60. The van der Waals surface area contributed by atoms with Crippen LogP contribution in [0.3, 0.4) is 0 Å². The van der Waals surface area contributed by atoms with Gasteiger partial charge in [-0.3, -0.25) is 9.36 Å². The first-order valence-electron chi connectivity index (χ1n) is 10.2. The molecule has 3 aromatic rings. The van der Waals surface area contributed by atoms with Crippen LogP contribution in [0.2, 0.25) is 0 Å². The molecule has 0 N–H and O–H groups in total. The molecule has 4 rings (SSSR count). The largest absolute Gasteiger partial charge is 0.370 e. The van der Waals surface area contributed by atoms with Crippen molar-refractivity contribution < 1.29 is 4.74 Å². The van der Waals surface area contributed by atoms with E-state index >= 15 is 0 Å². The van der Waals surface area contributed by atoms with Crippen LogP contribution in [0.25, 0.3) is 10.2 Å². The molecule has 0 saturated heterocycles. The van der Waals surface area contributed by atoms with Gasteiger partial charge in [-0.25, -0.2) is 4.98 Å². The lowest BCUT2D eigenvalue weighted by molar-refractivity contribution is -0.0379. The fraction of sp³-hybridized carbons (Fsp3) is 0.478. The Balaban J connectivity index is 1.82. The van der Waals surface area contributed by atoms with Crippen molar-refractivity contribution in [1.82, 2.24) is 9.55 Å². The predicted octanol–water partition coefficient (Wildman–Crippen LogP) is 5.50. The van der Waals surface area contributed by atoms with Gasteiger partial charge in [-0.15, -0.1) is 11.3 Å². The monoisotopic (exact) mass is 428 g/mol. The molecule has 0 saturated carbocycles. The van der Waals surface area contributed by atoms with Gasteiger partial charge >= 0.3 is 0 Å². The highest BCUT2D eigenvalue weighted by molar-refractivity contribution is 7.99. The molecule has 2 aromatic heterocycles. The number of fused-ring (bicyclic) bond motifs is 3. The number of aromatic nitrogens is 2. The van der Waals surface area contributed by atoms with Crippen molar-refractivity contribution in [1.29, 1.82) is 0 Å². The van der Waals surface area contributed by atoms with E-state index in [2.05, 4.69) is 39.8 Å². The molecule has 4 nitrogen and oxygen atoms in total. The second kappa shape index (κ2) is 8.25. The molecular formula is C23H28N2O2S2. The zero-order chi connectivity index (χ0) is 20.6. The molecule has 0 atom stereocenters. The Hall–Kier alpha value is -1.63. The lowest BCUT2D eigenvalue weighted by Crippen LogP contribution is -2.32. The minimum Gasteiger partial charge on any atom is -0.370 e. The van der Waals surface area contributed by atoms with Gasteiger partial charge in [0.25, 0.3) is 5.56 Å². The second-order valence-electron chi connectivity index (χ2n) is 8.71. The highest BCUT2D eigenvalue weighted by atomic mass is 32.2. The molecule has 0 spiro atoms. The van der Waals surface area contributed by atoms with Crippen molar-refractivity contribution in [2.75, 3.05) is 5.75 Å². The van der Waals surface area contributed by atoms with E-state index in [4.69, 9.17) is 9.72 Å². The normalized spacial score (nSPS) is 15.8. The summed E-state index contributed by atoms with van der Waals surface area (Å²) in [6, 6.07) is 10.2. The van der Waals surface area contributed by atoms with Crippen molar-refractivity contribution in [3.05, 3.63) is 56.7 Å². The van der Waals surface area contributed by atoms with Gasteiger partial charge in [0.1, 0.15) is 4.83 Å². The Morgan fingerprint density at radius 2 is 2.03 bits per heavy atom. The Kier molecular flexibility index (Phi) is 5.87. The van der Waals surface area contributed by atoms with E-state index in [0.29, 0.717) is 19.1 Å². The van der Waals surface area contributed by atoms with Gasteiger partial charge in [-0.1, -0.05) is 55.9 Å². The molecule has 1 aliphatic heterocycles. The van der Waals surface area contributed by atoms with E-state index in [-0.39, 0.29) is 11.2 Å². The van der Waals surface area contributed by atoms with Gasteiger partial charge < -0.3 is 4.74 Å². The quantitative estimate of drug-likeness (QED) is 0.384. The van der Waals surface area contributed by atoms with E-state index in [1.165, 1.54) is 0 Å². The lowest BCUT2D eigenvalue weighted by Gasteiger charge is -2.29. The van der Waals surface area contributed by atoms with Gasteiger partial charge in [-0.05, 0) is 37.3 Å². The third-order valence-electron chi connectivity index (χ3n) is 5.27. The fourth-order valence-corrected chi connectivity index (χ4v) is 5.99. The highest BCUT2D eigenvalue weighted by Crippen LogP contribution is 2.37. The second-order valence-corrected chi connectivity index (χ2v) is 10.9. The van der Waals surface area contributed by atoms with E-state index in [9.17, 15) is 4.79 Å². The summed E-state index contributed by atoms with van der Waals surface area (Å²) in [7, 11) is 0. The summed E-state index contributed by atoms with van der Waals surface area (Å²) in [4.78, 5) is 20.7. The minimum absolute atomic E-state index is 0.0844. The molecule has 3 heterocycles. The number of hydrogen-bond donors (Lipinski definition) is 0. The van der Waals surface area contributed by atoms with Crippen LogP contribution in [0, 0.1) is 5.92 Å². The third-order valence-corrected chi connectivity index (χ3v) is 7.37. The smallest absolute Gasteiger partial charge is 0.263 e. The maximum atomic E-state index is 13.7. The topological polar surface area (TPSA) is 44.1 Å². The number of thioether (sulfide) groups is 1. The maximum absolute atomic E-state index is 13.7. The minimum atomic E-state index is -0.248. The lowest BCUT2D eigenvalue weighted by atomic mass is 9.94. The molecule has 1 aliphatic rings. The van der Waals surface area contributed by atoms with Gasteiger partial charge in [0.05, 0.1) is 24.1 Å². The van der Waals surface area contributed by atoms with Crippen molar-refractivity contribution >= 4 is 33.3 Å². The highest BCUT2D eigenvalue weighted by Gasteiger charge is 2.31. The molecule has 0 aliphatic carbocycles. The summed E-state index contributed by atoms with van der Waals surface area (Å²) in [5, 5.41) is 1.62. The van der Waals surface area contributed by atoms with Crippen molar-refractivity contribution in [3.8, 4) is 0 Å². The Labute approximate surface area is 180 Å². The third kappa shape index (κ3) is 4.44. The van der Waals surface area contributed by atoms with Crippen LogP contribution in [0.15, 0.2) is 40.3 Å². The number of benzene rings is 1. The molecule has 154 valence electrons. The van der Waals surface area contributed by atoms with Gasteiger partial charge in [0.2, 0.25) is 0 Å². The molecule has 0 amide bonds. The van der Waals surface area contributed by atoms with Crippen LogP contribution in [-0.4, -0.2) is 20.9 Å². The van der Waals surface area contributed by atoms with Crippen LogP contribution >= 0.6 is 23.1 Å². The first kappa shape index (κ1) is 20.6. The first-order chi connectivity index (χ1) is 13.8. The van der Waals surface area contributed by atoms with E-state index in [1.807, 2.05) is 22.8 Å². The molecule has 0 fully saturated rings. The van der Waals surface area contributed by atoms with E-state index < -0.39 is 0 Å². The summed E-state index contributed by atoms with van der Waals surface area (Å²) in [6.45, 7) is 9.75. The van der Waals surface area contributed by atoms with Crippen LogP contribution in [0.5, 0.6) is 0 Å². The molecule has 0 bridgehead atoms. The van der Waals surface area contributed by atoms with Crippen molar-refractivity contribution in [3.63, 3.8) is 0 Å². The molecule has 6 heteroatoms. The van der Waals surface area contributed by atoms with Crippen molar-refractivity contribution in [2.24, 2.45) is 5.92 Å². The molecule has 29 heavy (non-hydrogen) atoms. The number of rotatable bonds is 6. The number of ether oxygens (including phenoxy) is 1. The van der Waals surface area contributed by atoms with Crippen LogP contribution in [0.1, 0.15) is 50.1 Å². The van der Waals surface area contributed by atoms with Gasteiger partial charge in [0, 0.05) is 17.1 Å². The Morgan fingerprint density at radius 1 is 1.28 bits per heavy atom. The van der Waals surface area contributed by atoms with Crippen LogP contribution in [0.4, 0.5) is 0 Å². The van der Waals surface area contributed by atoms with E-state index in [0.717, 1.165) is 50.0 Å². The van der Waals surface area contributed by atoms with Crippen LogP contribution < -0.4 is 5.56 Å². The fourth-order valence-electron chi connectivity index (χ4n) is 3.61. The maximum Gasteiger partial charge on any atom is 0.263 e. The number of nitrogens with zero attached hydrogens (tertiary/aromatic N) is 2.